The number of nitrogens with one attached hydrogen (secondary N) is 1. The van der Waals surface area contributed by atoms with E-state index in [-0.39, 0.29) is 11.9 Å². The van der Waals surface area contributed by atoms with E-state index in [1.54, 1.807) is 18.5 Å². The summed E-state index contributed by atoms with van der Waals surface area (Å²) in [6, 6.07) is 10.1. The van der Waals surface area contributed by atoms with Crippen LogP contribution in [-0.4, -0.2) is 9.55 Å². The molecule has 0 spiro atoms. The van der Waals surface area contributed by atoms with Gasteiger partial charge in [-0.2, -0.15) is 0 Å². The molecule has 0 saturated carbocycles. The van der Waals surface area contributed by atoms with Crippen LogP contribution in [0.25, 0.3) is 0 Å². The first-order chi connectivity index (χ1) is 10.2. The van der Waals surface area contributed by atoms with Crippen molar-refractivity contribution in [3.63, 3.8) is 0 Å². The Kier molecular flexibility index (Phi) is 3.83. The van der Waals surface area contributed by atoms with Crippen molar-refractivity contribution < 1.29 is 8.81 Å². The van der Waals surface area contributed by atoms with Crippen molar-refractivity contribution in [3.05, 3.63) is 78.0 Å². The first kappa shape index (κ1) is 13.6. The van der Waals surface area contributed by atoms with Crippen molar-refractivity contribution >= 4 is 0 Å². The molecule has 0 saturated heterocycles. The Hall–Kier alpha value is -2.40. The van der Waals surface area contributed by atoms with E-state index < -0.39 is 0 Å². The molecule has 1 aromatic carbocycles. The predicted octanol–water partition coefficient (Wildman–Crippen LogP) is 3.03. The Morgan fingerprint density at radius 2 is 2.24 bits per heavy atom. The summed E-state index contributed by atoms with van der Waals surface area (Å²) < 4.78 is 20.8. The van der Waals surface area contributed by atoms with Crippen LogP contribution in [-0.2, 0) is 13.6 Å². The fourth-order valence-electron chi connectivity index (χ4n) is 2.32. The highest BCUT2D eigenvalue weighted by Gasteiger charge is 2.18. The van der Waals surface area contributed by atoms with Crippen LogP contribution < -0.4 is 5.32 Å². The molecule has 3 rings (SSSR count). The number of imidazole rings is 1. The average molecular weight is 285 g/mol. The Morgan fingerprint density at radius 3 is 2.90 bits per heavy atom. The molecule has 1 N–H and O–H groups in total. The summed E-state index contributed by atoms with van der Waals surface area (Å²) in [7, 11) is 1.92. The molecule has 1 atom stereocenters. The van der Waals surface area contributed by atoms with Gasteiger partial charge in [-0.15, -0.1) is 0 Å². The lowest BCUT2D eigenvalue weighted by atomic mass is 10.1. The summed E-state index contributed by atoms with van der Waals surface area (Å²) >= 11 is 0. The van der Waals surface area contributed by atoms with Gasteiger partial charge in [0.1, 0.15) is 17.4 Å². The van der Waals surface area contributed by atoms with Crippen molar-refractivity contribution in [2.75, 3.05) is 0 Å². The van der Waals surface area contributed by atoms with E-state index in [1.807, 2.05) is 36.0 Å². The maximum atomic E-state index is 13.5. The van der Waals surface area contributed by atoms with Crippen molar-refractivity contribution in [2.24, 2.45) is 7.05 Å². The first-order valence-corrected chi connectivity index (χ1v) is 6.72. The minimum atomic E-state index is -0.258. The molecule has 2 aromatic heterocycles. The molecular weight excluding hydrogens is 269 g/mol. The first-order valence-electron chi connectivity index (χ1n) is 6.72. The maximum Gasteiger partial charge on any atom is 0.130 e. The maximum absolute atomic E-state index is 13.5. The Morgan fingerprint density at radius 1 is 1.33 bits per heavy atom. The summed E-state index contributed by atoms with van der Waals surface area (Å²) in [5, 5.41) is 3.37. The van der Waals surface area contributed by atoms with Gasteiger partial charge in [0.25, 0.3) is 0 Å². The molecule has 0 unspecified atom stereocenters. The van der Waals surface area contributed by atoms with Gasteiger partial charge in [-0.1, -0.05) is 12.1 Å². The highest BCUT2D eigenvalue weighted by atomic mass is 19.1. The zero-order valence-corrected chi connectivity index (χ0v) is 11.7. The molecule has 21 heavy (non-hydrogen) atoms. The van der Waals surface area contributed by atoms with Gasteiger partial charge in [-0.3, -0.25) is 5.32 Å². The predicted molar refractivity (Wildman–Crippen MR) is 77.0 cm³/mol. The van der Waals surface area contributed by atoms with Gasteiger partial charge in [-0.05, 0) is 29.8 Å². The van der Waals surface area contributed by atoms with E-state index in [4.69, 9.17) is 4.42 Å². The third-order valence-corrected chi connectivity index (χ3v) is 3.36. The minimum absolute atomic E-state index is 0.203. The summed E-state index contributed by atoms with van der Waals surface area (Å²) in [6.45, 7) is 0.543. The van der Waals surface area contributed by atoms with E-state index in [9.17, 15) is 4.39 Å². The summed E-state index contributed by atoms with van der Waals surface area (Å²) in [4.78, 5) is 4.37. The third-order valence-electron chi connectivity index (χ3n) is 3.36. The van der Waals surface area contributed by atoms with E-state index in [0.717, 1.165) is 17.1 Å². The Bertz CT molecular complexity index is 706. The molecule has 0 fully saturated rings. The molecule has 0 aliphatic carbocycles. The zero-order valence-electron chi connectivity index (χ0n) is 11.7. The lowest BCUT2D eigenvalue weighted by Crippen LogP contribution is -2.24. The van der Waals surface area contributed by atoms with E-state index in [2.05, 4.69) is 10.3 Å². The second kappa shape index (κ2) is 5.93. The van der Waals surface area contributed by atoms with Crippen molar-refractivity contribution in [2.45, 2.75) is 12.6 Å². The number of aryl methyl sites for hydroxylation is 1. The van der Waals surface area contributed by atoms with Gasteiger partial charge in [0, 0.05) is 19.4 Å². The molecule has 0 aliphatic rings. The molecule has 108 valence electrons. The molecule has 4 nitrogen and oxygen atoms in total. The Labute approximate surface area is 122 Å². The number of aromatic nitrogens is 2. The SMILES string of the molecule is Cn1ccnc1[C@@H](NCc1ccco1)c1cccc(F)c1. The number of hydrogen-bond donors (Lipinski definition) is 1. The summed E-state index contributed by atoms with van der Waals surface area (Å²) in [5.74, 6) is 1.39. The number of benzene rings is 1. The smallest absolute Gasteiger partial charge is 0.130 e. The van der Waals surface area contributed by atoms with Crippen LogP contribution in [0, 0.1) is 5.82 Å². The van der Waals surface area contributed by atoms with Gasteiger partial charge in [-0.25, -0.2) is 9.37 Å². The average Bonchev–Trinajstić information content (AvgIpc) is 3.12. The van der Waals surface area contributed by atoms with Gasteiger partial charge >= 0.3 is 0 Å². The van der Waals surface area contributed by atoms with Crippen molar-refractivity contribution in [3.8, 4) is 0 Å². The molecule has 0 bridgehead atoms. The molecule has 0 radical (unpaired) electrons. The largest absolute Gasteiger partial charge is 0.468 e. The fraction of sp³-hybridized carbons (Fsp3) is 0.188. The second-order valence-corrected chi connectivity index (χ2v) is 4.84. The third kappa shape index (κ3) is 3.03. The van der Waals surface area contributed by atoms with Crippen molar-refractivity contribution in [1.29, 1.82) is 0 Å². The minimum Gasteiger partial charge on any atom is -0.468 e. The molecule has 2 heterocycles. The fourth-order valence-corrected chi connectivity index (χ4v) is 2.32. The number of rotatable bonds is 5. The number of hydrogen-bond acceptors (Lipinski definition) is 3. The second-order valence-electron chi connectivity index (χ2n) is 4.84. The quantitative estimate of drug-likeness (QED) is 0.783. The lowest BCUT2D eigenvalue weighted by Gasteiger charge is -2.18. The number of halogens is 1. The molecule has 5 heteroatoms. The van der Waals surface area contributed by atoms with Gasteiger partial charge in [0.2, 0.25) is 0 Å². The van der Waals surface area contributed by atoms with Crippen LogP contribution in [0.4, 0.5) is 4.39 Å². The van der Waals surface area contributed by atoms with Gasteiger partial charge in [0.05, 0.1) is 18.8 Å². The Balaban J connectivity index is 1.89. The highest BCUT2D eigenvalue weighted by Crippen LogP contribution is 2.21. The standard InChI is InChI=1S/C16H16FN3O/c1-20-8-7-18-16(20)15(12-4-2-5-13(17)10-12)19-11-14-6-3-9-21-14/h2-10,15,19H,11H2,1H3/t15-/m0/s1. The van der Waals surface area contributed by atoms with Crippen LogP contribution in [0.3, 0.4) is 0 Å². The highest BCUT2D eigenvalue weighted by molar-refractivity contribution is 5.26. The summed E-state index contributed by atoms with van der Waals surface area (Å²) in [5.41, 5.74) is 0.829. The monoisotopic (exact) mass is 285 g/mol. The zero-order chi connectivity index (χ0) is 14.7. The van der Waals surface area contributed by atoms with Gasteiger partial charge in [0.15, 0.2) is 0 Å². The lowest BCUT2D eigenvalue weighted by molar-refractivity contribution is 0.458. The van der Waals surface area contributed by atoms with Crippen molar-refractivity contribution in [1.82, 2.24) is 14.9 Å². The molecule has 3 aromatic rings. The molecular formula is C16H16FN3O. The van der Waals surface area contributed by atoms with Crippen LogP contribution >= 0.6 is 0 Å². The topological polar surface area (TPSA) is 43.0 Å². The number of nitrogens with zero attached hydrogens (tertiary/aromatic N) is 2. The van der Waals surface area contributed by atoms with Crippen LogP contribution in [0.5, 0.6) is 0 Å². The summed E-state index contributed by atoms with van der Waals surface area (Å²) in [6.07, 6.45) is 5.24. The molecule has 0 aliphatic heterocycles. The van der Waals surface area contributed by atoms with E-state index >= 15 is 0 Å². The van der Waals surface area contributed by atoms with E-state index in [0.29, 0.717) is 6.54 Å². The number of furan rings is 1. The van der Waals surface area contributed by atoms with Gasteiger partial charge < -0.3 is 8.98 Å². The normalized spacial score (nSPS) is 12.5. The van der Waals surface area contributed by atoms with Crippen LogP contribution in [0.2, 0.25) is 0 Å². The van der Waals surface area contributed by atoms with Crippen LogP contribution in [0.1, 0.15) is 23.2 Å². The van der Waals surface area contributed by atoms with Crippen LogP contribution in [0.15, 0.2) is 59.5 Å². The molecule has 0 amide bonds. The van der Waals surface area contributed by atoms with E-state index in [1.165, 1.54) is 12.1 Å².